The highest BCUT2D eigenvalue weighted by Crippen LogP contribution is 2.45. The molecule has 1 aliphatic heterocycles. The van der Waals surface area contributed by atoms with Crippen LogP contribution in [0.4, 0.5) is 4.79 Å². The van der Waals surface area contributed by atoms with Crippen molar-refractivity contribution in [3.8, 4) is 0 Å². The number of carbonyl (C=O) groups is 2. The fourth-order valence-corrected chi connectivity index (χ4v) is 3.62. The van der Waals surface area contributed by atoms with Gasteiger partial charge in [-0.25, -0.2) is 4.79 Å². The summed E-state index contributed by atoms with van der Waals surface area (Å²) < 4.78 is 10.8. The van der Waals surface area contributed by atoms with E-state index in [0.717, 1.165) is 12.0 Å². The second-order valence-corrected chi connectivity index (χ2v) is 8.02. The van der Waals surface area contributed by atoms with Crippen LogP contribution < -0.4 is 0 Å². The number of ether oxygens (including phenoxy) is 2. The lowest BCUT2D eigenvalue weighted by atomic mass is 9.63. The molecule has 0 N–H and O–H groups in total. The minimum atomic E-state index is -0.544. The Morgan fingerprint density at radius 3 is 2.46 bits per heavy atom. The molecular formula is C19H29NO4. The number of likely N-dealkylation sites (tertiary alicyclic amines) is 1. The van der Waals surface area contributed by atoms with Crippen LogP contribution in [-0.2, 0) is 14.3 Å². The molecule has 3 atom stereocenters. The minimum absolute atomic E-state index is 0.0626. The van der Waals surface area contributed by atoms with Crippen LogP contribution >= 0.6 is 0 Å². The molecule has 2 rings (SSSR count). The van der Waals surface area contributed by atoms with Gasteiger partial charge in [-0.05, 0) is 38.7 Å². The van der Waals surface area contributed by atoms with E-state index >= 15 is 0 Å². The zero-order chi connectivity index (χ0) is 18.1. The van der Waals surface area contributed by atoms with Crippen molar-refractivity contribution in [2.24, 2.45) is 23.2 Å². The molecule has 1 saturated heterocycles. The zero-order valence-corrected chi connectivity index (χ0v) is 15.5. The Balaban J connectivity index is 2.11. The number of nitrogens with zero attached hydrogens (tertiary/aromatic N) is 1. The summed E-state index contributed by atoms with van der Waals surface area (Å²) in [4.78, 5) is 25.7. The van der Waals surface area contributed by atoms with Crippen molar-refractivity contribution in [2.75, 3.05) is 20.2 Å². The van der Waals surface area contributed by atoms with Crippen molar-refractivity contribution in [1.29, 1.82) is 0 Å². The second-order valence-electron chi connectivity index (χ2n) is 8.02. The van der Waals surface area contributed by atoms with Crippen molar-refractivity contribution in [3.05, 3.63) is 24.0 Å². The number of aldehydes is 1. The molecule has 5 nitrogen and oxygen atoms in total. The Bertz CT molecular complexity index is 552. The van der Waals surface area contributed by atoms with Crippen LogP contribution in [0.2, 0.25) is 0 Å². The van der Waals surface area contributed by atoms with E-state index in [1.54, 1.807) is 12.0 Å². The molecule has 0 saturated carbocycles. The zero-order valence-electron chi connectivity index (χ0n) is 15.5. The molecule has 0 aromatic heterocycles. The van der Waals surface area contributed by atoms with Crippen LogP contribution in [-0.4, -0.2) is 43.1 Å². The number of carbonyl (C=O) groups excluding carboxylic acids is 2. The van der Waals surface area contributed by atoms with E-state index in [2.05, 4.69) is 19.9 Å². The molecule has 1 heterocycles. The summed E-state index contributed by atoms with van der Waals surface area (Å²) in [6.07, 6.45) is 6.67. The van der Waals surface area contributed by atoms with Gasteiger partial charge in [-0.15, -0.1) is 0 Å². The van der Waals surface area contributed by atoms with Gasteiger partial charge >= 0.3 is 6.09 Å². The first kappa shape index (κ1) is 18.6. The molecule has 5 heteroatoms. The number of hydrogen-bond donors (Lipinski definition) is 0. The van der Waals surface area contributed by atoms with E-state index < -0.39 is 11.0 Å². The minimum Gasteiger partial charge on any atom is -0.501 e. The standard InChI is InChI=1S/C19H29NO4/c1-13-14(2)16(23-6)9-7-8-15(13)19(12-21)10-20(11-19)17(22)24-18(3,4)5/h7-9,12-15H,10-11H2,1-6H3. The van der Waals surface area contributed by atoms with E-state index in [1.807, 2.05) is 32.9 Å². The Morgan fingerprint density at radius 1 is 1.33 bits per heavy atom. The van der Waals surface area contributed by atoms with Crippen molar-refractivity contribution >= 4 is 12.4 Å². The molecule has 1 amide bonds. The maximum Gasteiger partial charge on any atom is 0.410 e. The lowest BCUT2D eigenvalue weighted by molar-refractivity contribution is -0.132. The molecule has 24 heavy (non-hydrogen) atoms. The fourth-order valence-electron chi connectivity index (χ4n) is 3.62. The maximum atomic E-state index is 12.2. The van der Waals surface area contributed by atoms with Crippen molar-refractivity contribution in [3.63, 3.8) is 0 Å². The quantitative estimate of drug-likeness (QED) is 0.742. The number of methoxy groups -OCH3 is 1. The Hall–Kier alpha value is -1.78. The first-order valence-corrected chi connectivity index (χ1v) is 8.50. The highest BCUT2D eigenvalue weighted by atomic mass is 16.6. The average Bonchev–Trinajstić information content (AvgIpc) is 2.58. The summed E-state index contributed by atoms with van der Waals surface area (Å²) in [6, 6.07) is 0. The normalized spacial score (nSPS) is 29.2. The van der Waals surface area contributed by atoms with Gasteiger partial charge in [0.25, 0.3) is 0 Å². The molecule has 2 aliphatic rings. The van der Waals surface area contributed by atoms with Crippen LogP contribution in [0.5, 0.6) is 0 Å². The van der Waals surface area contributed by atoms with Crippen molar-refractivity contribution in [2.45, 2.75) is 40.2 Å². The summed E-state index contributed by atoms with van der Waals surface area (Å²) in [5, 5.41) is 0. The van der Waals surface area contributed by atoms with Gasteiger partial charge in [0.1, 0.15) is 11.9 Å². The molecule has 1 aliphatic carbocycles. The predicted octanol–water partition coefficient (Wildman–Crippen LogP) is 3.41. The number of hydrogen-bond acceptors (Lipinski definition) is 4. The lowest BCUT2D eigenvalue weighted by Gasteiger charge is -2.51. The van der Waals surface area contributed by atoms with Gasteiger partial charge in [-0.3, -0.25) is 0 Å². The molecule has 134 valence electrons. The van der Waals surface area contributed by atoms with Gasteiger partial charge in [0, 0.05) is 19.0 Å². The third-order valence-corrected chi connectivity index (χ3v) is 5.14. The van der Waals surface area contributed by atoms with Gasteiger partial charge in [0.05, 0.1) is 18.3 Å². The van der Waals surface area contributed by atoms with Crippen LogP contribution in [0.15, 0.2) is 24.0 Å². The molecule has 0 radical (unpaired) electrons. The van der Waals surface area contributed by atoms with Crippen LogP contribution in [0.25, 0.3) is 0 Å². The largest absolute Gasteiger partial charge is 0.501 e. The number of allylic oxidation sites excluding steroid dienone is 4. The molecule has 0 bridgehead atoms. The first-order valence-electron chi connectivity index (χ1n) is 8.50. The SMILES string of the molecule is COC1=CC=CC(C2(C=O)CN(C(=O)OC(C)(C)C)C2)C(C)C1C. The van der Waals surface area contributed by atoms with E-state index in [9.17, 15) is 9.59 Å². The predicted molar refractivity (Wildman–Crippen MR) is 92.4 cm³/mol. The van der Waals surface area contributed by atoms with Crippen molar-refractivity contribution in [1.82, 2.24) is 4.90 Å². The van der Waals surface area contributed by atoms with Crippen molar-refractivity contribution < 1.29 is 19.1 Å². The van der Waals surface area contributed by atoms with Gasteiger partial charge in [0.15, 0.2) is 0 Å². The Morgan fingerprint density at radius 2 is 1.96 bits per heavy atom. The van der Waals surface area contributed by atoms with Crippen LogP contribution in [0.1, 0.15) is 34.6 Å². The lowest BCUT2D eigenvalue weighted by Crippen LogP contribution is -2.64. The monoisotopic (exact) mass is 335 g/mol. The fraction of sp³-hybridized carbons (Fsp3) is 0.684. The first-order chi connectivity index (χ1) is 11.1. The van der Waals surface area contributed by atoms with Crippen LogP contribution in [0.3, 0.4) is 0 Å². The second kappa shape index (κ2) is 6.61. The molecule has 0 aromatic carbocycles. The molecule has 1 fully saturated rings. The summed E-state index contributed by atoms with van der Waals surface area (Å²) in [5.74, 6) is 1.43. The Labute approximate surface area is 144 Å². The average molecular weight is 335 g/mol. The molecule has 0 spiro atoms. The third kappa shape index (κ3) is 3.50. The highest BCUT2D eigenvalue weighted by Gasteiger charge is 2.53. The van der Waals surface area contributed by atoms with Gasteiger partial charge < -0.3 is 19.2 Å². The van der Waals surface area contributed by atoms with E-state index in [1.165, 1.54) is 0 Å². The summed E-state index contributed by atoms with van der Waals surface area (Å²) >= 11 is 0. The van der Waals surface area contributed by atoms with E-state index in [4.69, 9.17) is 9.47 Å². The van der Waals surface area contributed by atoms with Gasteiger partial charge in [0.2, 0.25) is 0 Å². The summed E-state index contributed by atoms with van der Waals surface area (Å²) in [5.41, 5.74) is -1.07. The van der Waals surface area contributed by atoms with E-state index in [-0.39, 0.29) is 23.8 Å². The smallest absolute Gasteiger partial charge is 0.410 e. The summed E-state index contributed by atoms with van der Waals surface area (Å²) in [6.45, 7) is 10.6. The van der Waals surface area contributed by atoms with Gasteiger partial charge in [-0.1, -0.05) is 26.0 Å². The highest BCUT2D eigenvalue weighted by molar-refractivity contribution is 5.74. The molecule has 3 unspecified atom stereocenters. The van der Waals surface area contributed by atoms with Gasteiger partial charge in [-0.2, -0.15) is 0 Å². The maximum absolute atomic E-state index is 12.2. The topological polar surface area (TPSA) is 55.8 Å². The number of amides is 1. The van der Waals surface area contributed by atoms with Crippen LogP contribution in [0, 0.1) is 23.2 Å². The third-order valence-electron chi connectivity index (χ3n) is 5.14. The van der Waals surface area contributed by atoms with E-state index in [0.29, 0.717) is 13.1 Å². The molecular weight excluding hydrogens is 306 g/mol. The number of rotatable bonds is 3. The molecule has 0 aromatic rings. The summed E-state index contributed by atoms with van der Waals surface area (Å²) in [7, 11) is 1.67. The Kier molecular flexibility index (Phi) is 5.11.